The molecule has 0 aliphatic carbocycles. The van der Waals surface area contributed by atoms with Gasteiger partial charge in [0.2, 0.25) is 0 Å². The Balaban J connectivity index is 3.63. The minimum absolute atomic E-state index is 0.360. The standard InChI is InChI=1S/C32H68O2Si/c1-6-10-12-14-16-17-18-19-20-21-22-23-24-25-27-29-31-33-35(8-3,9-4)34-32(5)30-28-26-15-13-11-7-2/h32H,6-31H2,1-5H3. The van der Waals surface area contributed by atoms with Crippen molar-refractivity contribution in [3.63, 3.8) is 0 Å². The first-order valence-corrected chi connectivity index (χ1v) is 18.7. The Morgan fingerprint density at radius 3 is 1.17 bits per heavy atom. The van der Waals surface area contributed by atoms with Crippen LogP contribution in [0.3, 0.4) is 0 Å². The Morgan fingerprint density at radius 2 is 0.800 bits per heavy atom. The first-order chi connectivity index (χ1) is 17.1. The van der Waals surface area contributed by atoms with Crippen LogP contribution in [0.4, 0.5) is 0 Å². The van der Waals surface area contributed by atoms with Gasteiger partial charge in [-0.25, -0.2) is 0 Å². The fourth-order valence-corrected chi connectivity index (χ4v) is 7.88. The molecule has 0 radical (unpaired) electrons. The van der Waals surface area contributed by atoms with Crippen molar-refractivity contribution in [2.45, 2.75) is 200 Å². The summed E-state index contributed by atoms with van der Waals surface area (Å²) in [5.41, 5.74) is 0. The summed E-state index contributed by atoms with van der Waals surface area (Å²) in [4.78, 5) is 0. The summed E-state index contributed by atoms with van der Waals surface area (Å²) >= 11 is 0. The smallest absolute Gasteiger partial charge is 0.337 e. The fourth-order valence-electron chi connectivity index (χ4n) is 5.20. The second-order valence-electron chi connectivity index (χ2n) is 11.3. The molecule has 212 valence electrons. The summed E-state index contributed by atoms with van der Waals surface area (Å²) in [5, 5.41) is 0. The lowest BCUT2D eigenvalue weighted by atomic mass is 10.0. The molecule has 2 nitrogen and oxygen atoms in total. The molecule has 0 heterocycles. The zero-order valence-corrected chi connectivity index (χ0v) is 26.3. The Kier molecular flexibility index (Phi) is 27.3. The van der Waals surface area contributed by atoms with E-state index in [9.17, 15) is 0 Å². The van der Waals surface area contributed by atoms with Crippen LogP contribution in [0.1, 0.15) is 182 Å². The van der Waals surface area contributed by atoms with Crippen LogP contribution >= 0.6 is 0 Å². The van der Waals surface area contributed by atoms with Crippen LogP contribution in [0.5, 0.6) is 0 Å². The van der Waals surface area contributed by atoms with E-state index in [1.54, 1.807) is 0 Å². The highest BCUT2D eigenvalue weighted by Crippen LogP contribution is 2.23. The molecular formula is C32H68O2Si. The summed E-state index contributed by atoms with van der Waals surface area (Å²) in [6.07, 6.45) is 32.4. The number of hydrogen-bond acceptors (Lipinski definition) is 2. The second-order valence-corrected chi connectivity index (χ2v) is 15.0. The molecule has 0 amide bonds. The van der Waals surface area contributed by atoms with Crippen LogP contribution in [-0.4, -0.2) is 21.3 Å². The van der Waals surface area contributed by atoms with Gasteiger partial charge in [-0.1, -0.05) is 163 Å². The summed E-state index contributed by atoms with van der Waals surface area (Å²) in [6, 6.07) is 2.17. The summed E-state index contributed by atoms with van der Waals surface area (Å²) in [7, 11) is -2.00. The Morgan fingerprint density at radius 1 is 0.457 bits per heavy atom. The first kappa shape index (κ1) is 35.1. The van der Waals surface area contributed by atoms with Gasteiger partial charge in [0, 0.05) is 12.7 Å². The fraction of sp³-hybridized carbons (Fsp3) is 1.00. The maximum atomic E-state index is 6.61. The molecule has 1 atom stereocenters. The largest absolute Gasteiger partial charge is 0.394 e. The average molecular weight is 513 g/mol. The number of unbranched alkanes of at least 4 members (excludes halogenated alkanes) is 20. The van der Waals surface area contributed by atoms with Crippen LogP contribution in [0.2, 0.25) is 12.1 Å². The molecule has 3 heteroatoms. The molecule has 0 saturated carbocycles. The van der Waals surface area contributed by atoms with Crippen LogP contribution in [0.25, 0.3) is 0 Å². The van der Waals surface area contributed by atoms with Gasteiger partial charge in [0.05, 0.1) is 0 Å². The van der Waals surface area contributed by atoms with E-state index in [-0.39, 0.29) is 0 Å². The SMILES string of the molecule is CCCCCCCCCCCCCCCCCCO[Si](CC)(CC)OC(C)CCCCCCCC. The van der Waals surface area contributed by atoms with Gasteiger partial charge in [0.15, 0.2) is 0 Å². The van der Waals surface area contributed by atoms with Gasteiger partial charge in [-0.05, 0) is 31.9 Å². The maximum Gasteiger partial charge on any atom is 0.337 e. The molecule has 35 heavy (non-hydrogen) atoms. The molecule has 1 unspecified atom stereocenters. The molecule has 0 bridgehead atoms. The molecule has 0 aromatic rings. The van der Waals surface area contributed by atoms with Crippen molar-refractivity contribution < 1.29 is 8.85 Å². The van der Waals surface area contributed by atoms with Gasteiger partial charge in [-0.2, -0.15) is 0 Å². The highest BCUT2D eigenvalue weighted by molar-refractivity contribution is 6.67. The number of rotatable bonds is 29. The molecule has 0 aromatic carbocycles. The summed E-state index contributed by atoms with van der Waals surface area (Å²) in [6.45, 7) is 12.3. The molecule has 0 aliphatic heterocycles. The summed E-state index contributed by atoms with van der Waals surface area (Å²) < 4.78 is 13.1. The van der Waals surface area contributed by atoms with Crippen LogP contribution in [0, 0.1) is 0 Å². The minimum Gasteiger partial charge on any atom is -0.394 e. The first-order valence-electron chi connectivity index (χ1n) is 16.5. The molecule has 0 fully saturated rings. The molecule has 0 spiro atoms. The lowest BCUT2D eigenvalue weighted by molar-refractivity contribution is 0.114. The van der Waals surface area contributed by atoms with Gasteiger partial charge >= 0.3 is 8.56 Å². The van der Waals surface area contributed by atoms with Gasteiger partial charge in [-0.3, -0.25) is 0 Å². The maximum absolute atomic E-state index is 6.61. The third kappa shape index (κ3) is 23.0. The Hall–Kier alpha value is 0.137. The average Bonchev–Trinajstić information content (AvgIpc) is 2.87. The van der Waals surface area contributed by atoms with E-state index in [1.807, 2.05) is 0 Å². The monoisotopic (exact) mass is 512 g/mol. The van der Waals surface area contributed by atoms with E-state index in [0.717, 1.165) is 18.7 Å². The zero-order valence-electron chi connectivity index (χ0n) is 25.3. The molecule has 0 N–H and O–H groups in total. The normalized spacial score (nSPS) is 12.9. The van der Waals surface area contributed by atoms with Crippen molar-refractivity contribution in [2.24, 2.45) is 0 Å². The lowest BCUT2D eigenvalue weighted by Gasteiger charge is -2.32. The minimum atomic E-state index is -2.00. The predicted molar refractivity (Wildman–Crippen MR) is 161 cm³/mol. The Bertz CT molecular complexity index is 397. The highest BCUT2D eigenvalue weighted by atomic mass is 28.4. The van der Waals surface area contributed by atoms with Crippen molar-refractivity contribution in [1.82, 2.24) is 0 Å². The van der Waals surface area contributed by atoms with E-state index >= 15 is 0 Å². The Labute approximate surface area is 224 Å². The van der Waals surface area contributed by atoms with Crippen LogP contribution in [0.15, 0.2) is 0 Å². The van der Waals surface area contributed by atoms with Crippen molar-refractivity contribution in [1.29, 1.82) is 0 Å². The summed E-state index contributed by atoms with van der Waals surface area (Å²) in [5.74, 6) is 0. The molecular weight excluding hydrogens is 444 g/mol. The zero-order chi connectivity index (χ0) is 25.9. The lowest BCUT2D eigenvalue weighted by Crippen LogP contribution is -2.43. The van der Waals surface area contributed by atoms with Crippen molar-refractivity contribution in [2.75, 3.05) is 6.61 Å². The number of hydrogen-bond donors (Lipinski definition) is 0. The highest BCUT2D eigenvalue weighted by Gasteiger charge is 2.35. The van der Waals surface area contributed by atoms with Crippen LogP contribution < -0.4 is 0 Å². The van der Waals surface area contributed by atoms with E-state index in [0.29, 0.717) is 6.10 Å². The van der Waals surface area contributed by atoms with Crippen molar-refractivity contribution in [3.05, 3.63) is 0 Å². The van der Waals surface area contributed by atoms with E-state index in [4.69, 9.17) is 8.85 Å². The molecule has 0 aliphatic rings. The molecule has 0 rings (SSSR count). The molecule has 0 saturated heterocycles. The van der Waals surface area contributed by atoms with Crippen LogP contribution in [-0.2, 0) is 8.85 Å². The predicted octanol–water partition coefficient (Wildman–Crippen LogP) is 11.9. The molecule has 0 aromatic heterocycles. The second kappa shape index (κ2) is 27.2. The van der Waals surface area contributed by atoms with Gasteiger partial charge in [0.25, 0.3) is 0 Å². The van der Waals surface area contributed by atoms with Crippen molar-refractivity contribution in [3.8, 4) is 0 Å². The third-order valence-electron chi connectivity index (χ3n) is 7.82. The van der Waals surface area contributed by atoms with E-state index < -0.39 is 8.56 Å². The topological polar surface area (TPSA) is 18.5 Å². The quantitative estimate of drug-likeness (QED) is 0.0732. The van der Waals surface area contributed by atoms with E-state index in [1.165, 1.54) is 148 Å². The van der Waals surface area contributed by atoms with Gasteiger partial charge in [-0.15, -0.1) is 0 Å². The third-order valence-corrected chi connectivity index (χ3v) is 11.5. The van der Waals surface area contributed by atoms with Crippen molar-refractivity contribution >= 4 is 8.56 Å². The van der Waals surface area contributed by atoms with Gasteiger partial charge in [0.1, 0.15) is 0 Å². The van der Waals surface area contributed by atoms with E-state index in [2.05, 4.69) is 34.6 Å². The van der Waals surface area contributed by atoms with Gasteiger partial charge < -0.3 is 8.85 Å².